The lowest BCUT2D eigenvalue weighted by molar-refractivity contribution is 0.0259. The van der Waals surface area contributed by atoms with Gasteiger partial charge in [-0.3, -0.25) is 4.79 Å². The second-order valence-corrected chi connectivity index (χ2v) is 7.59. The number of carbonyl (C=O) groups is 1. The number of nitrogens with one attached hydrogen (secondary N) is 1. The average molecular weight is 385 g/mol. The first-order chi connectivity index (χ1) is 13.0. The molecule has 2 aromatic carbocycles. The summed E-state index contributed by atoms with van der Waals surface area (Å²) < 4.78 is 5.39. The zero-order valence-corrected chi connectivity index (χ0v) is 16.3. The second kappa shape index (κ2) is 10.7. The summed E-state index contributed by atoms with van der Waals surface area (Å²) in [4.78, 5) is 14.1. The quantitative estimate of drug-likeness (QED) is 0.692. The lowest BCUT2D eigenvalue weighted by Crippen LogP contribution is -2.35. The van der Waals surface area contributed by atoms with Crippen LogP contribution in [0.4, 0.5) is 0 Å². The first kappa shape index (κ1) is 21.0. The molecule has 5 nitrogen and oxygen atoms in total. The molecule has 142 valence electrons. The van der Waals surface area contributed by atoms with Crippen LogP contribution in [0.25, 0.3) is 0 Å². The molecule has 0 aromatic heterocycles. The number of aliphatic hydroxyl groups excluding tert-OH is 1. The second-order valence-electron chi connectivity index (χ2n) is 6.50. The van der Waals surface area contributed by atoms with Gasteiger partial charge in [0.2, 0.25) is 0 Å². The molecule has 0 heterocycles. The van der Waals surface area contributed by atoms with Gasteiger partial charge in [0.05, 0.1) is 23.8 Å². The number of aliphatic hydroxyl groups is 1. The molecule has 0 aliphatic rings. The molecular weight excluding hydrogens is 360 g/mol. The predicted molar refractivity (Wildman–Crippen MR) is 106 cm³/mol. The van der Waals surface area contributed by atoms with Crippen LogP contribution in [0.5, 0.6) is 0 Å². The van der Waals surface area contributed by atoms with E-state index >= 15 is 0 Å². The van der Waals surface area contributed by atoms with Crippen molar-refractivity contribution in [2.24, 2.45) is 5.92 Å². The first-order valence-corrected chi connectivity index (χ1v) is 9.63. The van der Waals surface area contributed by atoms with Gasteiger partial charge in [-0.05, 0) is 30.2 Å². The van der Waals surface area contributed by atoms with Crippen LogP contribution in [-0.4, -0.2) is 36.9 Å². The van der Waals surface area contributed by atoms with Crippen LogP contribution < -0.4 is 5.32 Å². The Morgan fingerprint density at radius 2 is 1.81 bits per heavy atom. The number of hydrogen-bond acceptors (Lipinski definition) is 5. The van der Waals surface area contributed by atoms with Gasteiger partial charge in [0.1, 0.15) is 6.07 Å². The van der Waals surface area contributed by atoms with E-state index in [1.807, 2.05) is 44.2 Å². The molecule has 0 fully saturated rings. The first-order valence-electron chi connectivity index (χ1n) is 8.81. The fourth-order valence-electron chi connectivity index (χ4n) is 2.31. The maximum atomic E-state index is 12.6. The van der Waals surface area contributed by atoms with Gasteiger partial charge in [-0.15, -0.1) is 0 Å². The third-order valence-electron chi connectivity index (χ3n) is 3.62. The zero-order valence-electron chi connectivity index (χ0n) is 15.5. The Morgan fingerprint density at radius 3 is 2.52 bits per heavy atom. The summed E-state index contributed by atoms with van der Waals surface area (Å²) in [5.41, 5.74) is 1.07. The Hall–Kier alpha value is -2.33. The van der Waals surface area contributed by atoms with Crippen molar-refractivity contribution in [2.45, 2.75) is 29.7 Å². The SMILES string of the molecule is CC(C)COCC(O)CNC(=O)c1ccccc1Sc1ccccc1C#N. The van der Waals surface area contributed by atoms with Crippen molar-refractivity contribution in [3.63, 3.8) is 0 Å². The van der Waals surface area contributed by atoms with E-state index < -0.39 is 6.10 Å². The maximum absolute atomic E-state index is 12.6. The molecule has 0 saturated heterocycles. The summed E-state index contributed by atoms with van der Waals surface area (Å²) in [6.07, 6.45) is -0.758. The van der Waals surface area contributed by atoms with E-state index in [1.165, 1.54) is 11.8 Å². The Bertz CT molecular complexity index is 802. The van der Waals surface area contributed by atoms with E-state index in [-0.39, 0.29) is 19.1 Å². The number of nitrogens with zero attached hydrogens (tertiary/aromatic N) is 1. The molecule has 1 unspecified atom stereocenters. The highest BCUT2D eigenvalue weighted by Crippen LogP contribution is 2.32. The largest absolute Gasteiger partial charge is 0.389 e. The summed E-state index contributed by atoms with van der Waals surface area (Å²) in [5, 5.41) is 21.9. The third-order valence-corrected chi connectivity index (χ3v) is 4.77. The Kier molecular flexibility index (Phi) is 8.34. The summed E-state index contributed by atoms with van der Waals surface area (Å²) in [6.45, 7) is 4.94. The van der Waals surface area contributed by atoms with Gasteiger partial charge in [-0.2, -0.15) is 5.26 Å². The molecule has 1 atom stereocenters. The number of nitriles is 1. The van der Waals surface area contributed by atoms with Crippen LogP contribution in [0.15, 0.2) is 58.3 Å². The molecule has 6 heteroatoms. The Balaban J connectivity index is 2.00. The fourth-order valence-corrected chi connectivity index (χ4v) is 3.34. The Labute approximate surface area is 164 Å². The van der Waals surface area contributed by atoms with E-state index in [0.29, 0.717) is 23.7 Å². The van der Waals surface area contributed by atoms with Crippen LogP contribution in [0, 0.1) is 17.2 Å². The van der Waals surface area contributed by atoms with Gasteiger partial charge >= 0.3 is 0 Å². The normalized spacial score (nSPS) is 11.8. The molecule has 1 amide bonds. The number of carbonyl (C=O) groups excluding carboxylic acids is 1. The van der Waals surface area contributed by atoms with E-state index in [1.54, 1.807) is 18.2 Å². The molecule has 2 aromatic rings. The fraction of sp³-hybridized carbons (Fsp3) is 0.333. The van der Waals surface area contributed by atoms with Crippen LogP contribution in [0.1, 0.15) is 29.8 Å². The highest BCUT2D eigenvalue weighted by atomic mass is 32.2. The van der Waals surface area contributed by atoms with Gasteiger partial charge in [0.15, 0.2) is 0 Å². The molecule has 2 N–H and O–H groups in total. The number of hydrogen-bond donors (Lipinski definition) is 2. The van der Waals surface area contributed by atoms with Crippen LogP contribution in [-0.2, 0) is 4.74 Å². The summed E-state index contributed by atoms with van der Waals surface area (Å²) in [5.74, 6) is 0.127. The molecule has 0 spiro atoms. The topological polar surface area (TPSA) is 82.3 Å². The van der Waals surface area contributed by atoms with Gasteiger partial charge in [-0.25, -0.2) is 0 Å². The molecule has 0 aliphatic carbocycles. The minimum Gasteiger partial charge on any atom is -0.389 e. The van der Waals surface area contributed by atoms with E-state index in [2.05, 4.69) is 11.4 Å². The monoisotopic (exact) mass is 384 g/mol. The van der Waals surface area contributed by atoms with E-state index in [4.69, 9.17) is 4.74 Å². The molecule has 27 heavy (non-hydrogen) atoms. The maximum Gasteiger partial charge on any atom is 0.252 e. The molecule has 0 radical (unpaired) electrons. The lowest BCUT2D eigenvalue weighted by Gasteiger charge is -2.15. The van der Waals surface area contributed by atoms with Gasteiger partial charge in [-0.1, -0.05) is 49.9 Å². The minimum absolute atomic E-state index is 0.116. The van der Waals surface area contributed by atoms with Gasteiger partial charge in [0.25, 0.3) is 5.91 Å². The van der Waals surface area contributed by atoms with Crippen LogP contribution in [0.3, 0.4) is 0 Å². The molecule has 0 bridgehead atoms. The number of amides is 1. The predicted octanol–water partition coefficient (Wildman–Crippen LogP) is 3.47. The smallest absolute Gasteiger partial charge is 0.252 e. The molecule has 0 aliphatic heterocycles. The Morgan fingerprint density at radius 1 is 1.15 bits per heavy atom. The van der Waals surface area contributed by atoms with E-state index in [9.17, 15) is 15.2 Å². The van der Waals surface area contributed by atoms with Crippen molar-refractivity contribution in [3.05, 3.63) is 59.7 Å². The molecule has 2 rings (SSSR count). The number of rotatable bonds is 9. The van der Waals surface area contributed by atoms with Crippen molar-refractivity contribution in [3.8, 4) is 6.07 Å². The van der Waals surface area contributed by atoms with Crippen LogP contribution >= 0.6 is 11.8 Å². The summed E-state index contributed by atoms with van der Waals surface area (Å²) >= 11 is 1.37. The van der Waals surface area contributed by atoms with Crippen molar-refractivity contribution in [1.29, 1.82) is 5.26 Å². The number of ether oxygens (including phenoxy) is 1. The van der Waals surface area contributed by atoms with Gasteiger partial charge < -0.3 is 15.2 Å². The van der Waals surface area contributed by atoms with Gasteiger partial charge in [0, 0.05) is 22.9 Å². The third kappa shape index (κ3) is 6.72. The standard InChI is InChI=1S/C21H24N2O3S/c1-15(2)13-26-14-17(24)12-23-21(25)18-8-4-6-10-20(18)27-19-9-5-3-7-16(19)11-22/h3-10,15,17,24H,12-14H2,1-2H3,(H,23,25). The summed E-state index contributed by atoms with van der Waals surface area (Å²) in [7, 11) is 0. The highest BCUT2D eigenvalue weighted by Gasteiger charge is 2.15. The average Bonchev–Trinajstić information content (AvgIpc) is 2.66. The van der Waals surface area contributed by atoms with Crippen LogP contribution in [0.2, 0.25) is 0 Å². The lowest BCUT2D eigenvalue weighted by atomic mass is 10.2. The van der Waals surface area contributed by atoms with Crippen molar-refractivity contribution in [2.75, 3.05) is 19.8 Å². The molecule has 0 saturated carbocycles. The molecular formula is C21H24N2O3S. The summed E-state index contributed by atoms with van der Waals surface area (Å²) in [6, 6.07) is 16.6. The van der Waals surface area contributed by atoms with E-state index in [0.717, 1.165) is 9.79 Å². The number of benzene rings is 2. The zero-order chi connectivity index (χ0) is 19.6. The van der Waals surface area contributed by atoms with Crippen molar-refractivity contribution in [1.82, 2.24) is 5.32 Å². The highest BCUT2D eigenvalue weighted by molar-refractivity contribution is 7.99. The van der Waals surface area contributed by atoms with Crippen molar-refractivity contribution < 1.29 is 14.6 Å². The van der Waals surface area contributed by atoms with Crippen molar-refractivity contribution >= 4 is 17.7 Å². The minimum atomic E-state index is -0.758.